The van der Waals surface area contributed by atoms with Crippen molar-refractivity contribution < 1.29 is 0 Å². The molecule has 2 heterocycles. The second-order valence-corrected chi connectivity index (χ2v) is 6.25. The molecule has 1 aliphatic rings. The van der Waals surface area contributed by atoms with Crippen LogP contribution in [-0.4, -0.2) is 24.1 Å². The Morgan fingerprint density at radius 2 is 2.26 bits per heavy atom. The van der Waals surface area contributed by atoms with Gasteiger partial charge >= 0.3 is 0 Å². The Morgan fingerprint density at radius 3 is 2.84 bits per heavy atom. The van der Waals surface area contributed by atoms with Gasteiger partial charge in [0.15, 0.2) is 0 Å². The maximum atomic E-state index is 8.98. The van der Waals surface area contributed by atoms with Gasteiger partial charge in [0, 0.05) is 19.1 Å². The zero-order valence-corrected chi connectivity index (χ0v) is 12.3. The summed E-state index contributed by atoms with van der Waals surface area (Å²) in [6.07, 6.45) is 0.921. The lowest BCUT2D eigenvalue weighted by Gasteiger charge is -2.43. The quantitative estimate of drug-likeness (QED) is 0.857. The highest BCUT2D eigenvalue weighted by molar-refractivity contribution is 6.33. The molecule has 1 aliphatic heterocycles. The smallest absolute Gasteiger partial charge is 0.147 e. The van der Waals surface area contributed by atoms with Gasteiger partial charge in [-0.1, -0.05) is 25.4 Å². The van der Waals surface area contributed by atoms with Gasteiger partial charge in [-0.2, -0.15) is 5.26 Å². The minimum absolute atomic E-state index is 0.0328. The molecule has 1 atom stereocenters. The van der Waals surface area contributed by atoms with E-state index in [1.54, 1.807) is 6.07 Å². The Bertz CT molecular complexity index is 533. The van der Waals surface area contributed by atoms with Gasteiger partial charge < -0.3 is 10.6 Å². The zero-order valence-electron chi connectivity index (χ0n) is 11.6. The fraction of sp³-hybridized carbons (Fsp3) is 0.571. The largest absolute Gasteiger partial charge is 0.355 e. The Hall–Kier alpha value is -1.31. The van der Waals surface area contributed by atoms with Crippen molar-refractivity contribution in [1.29, 1.82) is 5.26 Å². The summed E-state index contributed by atoms with van der Waals surface area (Å²) in [4.78, 5) is 6.65. The summed E-state index contributed by atoms with van der Waals surface area (Å²) < 4.78 is 0. The second-order valence-electron chi connectivity index (χ2n) is 5.84. The summed E-state index contributed by atoms with van der Waals surface area (Å²) in [5.41, 5.74) is 7.42. The SMILES string of the molecule is Cc1nc(N2CCC(N)C(C)(C)C2)c(Cl)cc1C#N. The highest BCUT2D eigenvalue weighted by Gasteiger charge is 2.34. The van der Waals surface area contributed by atoms with Crippen molar-refractivity contribution in [1.82, 2.24) is 4.98 Å². The van der Waals surface area contributed by atoms with Crippen LogP contribution in [0.25, 0.3) is 0 Å². The molecule has 0 spiro atoms. The first-order chi connectivity index (χ1) is 8.85. The molecule has 19 heavy (non-hydrogen) atoms. The van der Waals surface area contributed by atoms with E-state index in [4.69, 9.17) is 22.6 Å². The zero-order chi connectivity index (χ0) is 14.2. The molecule has 0 aromatic carbocycles. The average Bonchev–Trinajstić information content (AvgIpc) is 2.35. The van der Waals surface area contributed by atoms with Crippen LogP contribution >= 0.6 is 11.6 Å². The molecule has 1 saturated heterocycles. The van der Waals surface area contributed by atoms with E-state index in [2.05, 4.69) is 29.8 Å². The number of nitriles is 1. The number of pyridine rings is 1. The minimum Gasteiger partial charge on any atom is -0.355 e. The summed E-state index contributed by atoms with van der Waals surface area (Å²) in [7, 11) is 0. The number of piperidine rings is 1. The molecule has 0 amide bonds. The van der Waals surface area contributed by atoms with Gasteiger partial charge in [-0.15, -0.1) is 0 Å². The number of hydrogen-bond donors (Lipinski definition) is 1. The van der Waals surface area contributed by atoms with Crippen molar-refractivity contribution in [2.75, 3.05) is 18.0 Å². The molecule has 1 aromatic heterocycles. The van der Waals surface area contributed by atoms with Crippen LogP contribution in [0.1, 0.15) is 31.5 Å². The summed E-state index contributed by atoms with van der Waals surface area (Å²) >= 11 is 6.26. The molecule has 4 nitrogen and oxygen atoms in total. The van der Waals surface area contributed by atoms with E-state index in [1.165, 1.54) is 0 Å². The standard InChI is InChI=1S/C14H19ClN4/c1-9-10(7-16)6-11(15)13(18-9)19-5-4-12(17)14(2,3)8-19/h6,12H,4-5,8,17H2,1-3H3. The highest BCUT2D eigenvalue weighted by Crippen LogP contribution is 2.33. The van der Waals surface area contributed by atoms with Crippen LogP contribution in [0.4, 0.5) is 5.82 Å². The first-order valence-electron chi connectivity index (χ1n) is 6.43. The van der Waals surface area contributed by atoms with Crippen molar-refractivity contribution >= 4 is 17.4 Å². The number of aromatic nitrogens is 1. The molecule has 2 N–H and O–H groups in total. The number of nitrogens with two attached hydrogens (primary N) is 1. The Kier molecular flexibility index (Phi) is 3.71. The summed E-state index contributed by atoms with van der Waals surface area (Å²) in [5.74, 6) is 0.762. The topological polar surface area (TPSA) is 65.9 Å². The van der Waals surface area contributed by atoms with Crippen LogP contribution in [-0.2, 0) is 0 Å². The lowest BCUT2D eigenvalue weighted by Crippen LogP contribution is -2.52. The first kappa shape index (κ1) is 14.1. The number of nitrogens with zero attached hydrogens (tertiary/aromatic N) is 3. The molecule has 0 bridgehead atoms. The Labute approximate surface area is 119 Å². The van der Waals surface area contributed by atoms with E-state index >= 15 is 0 Å². The molecular weight excluding hydrogens is 260 g/mol. The molecule has 2 rings (SSSR count). The lowest BCUT2D eigenvalue weighted by atomic mass is 9.80. The van der Waals surface area contributed by atoms with E-state index in [-0.39, 0.29) is 11.5 Å². The summed E-state index contributed by atoms with van der Waals surface area (Å²) in [5, 5.41) is 9.52. The third-order valence-electron chi connectivity index (χ3n) is 3.88. The van der Waals surface area contributed by atoms with E-state index < -0.39 is 0 Å². The average molecular weight is 279 g/mol. The third-order valence-corrected chi connectivity index (χ3v) is 4.16. The number of halogens is 1. The van der Waals surface area contributed by atoms with Crippen molar-refractivity contribution in [2.45, 2.75) is 33.2 Å². The molecule has 5 heteroatoms. The highest BCUT2D eigenvalue weighted by atomic mass is 35.5. The molecular formula is C14H19ClN4. The predicted molar refractivity (Wildman–Crippen MR) is 77.3 cm³/mol. The van der Waals surface area contributed by atoms with E-state index in [9.17, 15) is 0 Å². The molecule has 0 aliphatic carbocycles. The predicted octanol–water partition coefficient (Wildman–Crippen LogP) is 2.48. The van der Waals surface area contributed by atoms with Crippen molar-refractivity contribution in [3.05, 3.63) is 22.3 Å². The first-order valence-corrected chi connectivity index (χ1v) is 6.80. The van der Waals surface area contributed by atoms with Gasteiger partial charge in [-0.05, 0) is 24.8 Å². The van der Waals surface area contributed by atoms with Gasteiger partial charge in [0.25, 0.3) is 0 Å². The number of anilines is 1. The van der Waals surface area contributed by atoms with Crippen LogP contribution in [0.3, 0.4) is 0 Å². The van der Waals surface area contributed by atoms with E-state index in [0.29, 0.717) is 10.6 Å². The van der Waals surface area contributed by atoms with Crippen molar-refractivity contribution in [3.8, 4) is 6.07 Å². The molecule has 1 unspecified atom stereocenters. The van der Waals surface area contributed by atoms with Gasteiger partial charge in [0.2, 0.25) is 0 Å². The molecule has 1 fully saturated rings. The Morgan fingerprint density at radius 1 is 1.58 bits per heavy atom. The fourth-order valence-electron chi connectivity index (χ4n) is 2.46. The van der Waals surface area contributed by atoms with Crippen molar-refractivity contribution in [3.63, 3.8) is 0 Å². The van der Waals surface area contributed by atoms with Crippen molar-refractivity contribution in [2.24, 2.45) is 11.1 Å². The maximum Gasteiger partial charge on any atom is 0.147 e. The molecule has 1 aromatic rings. The van der Waals surface area contributed by atoms with Crippen LogP contribution in [0.15, 0.2) is 6.07 Å². The molecule has 0 radical (unpaired) electrons. The van der Waals surface area contributed by atoms with Crippen LogP contribution in [0.5, 0.6) is 0 Å². The number of aryl methyl sites for hydroxylation is 1. The van der Waals surface area contributed by atoms with Gasteiger partial charge in [-0.25, -0.2) is 4.98 Å². The number of rotatable bonds is 1. The van der Waals surface area contributed by atoms with Gasteiger partial charge in [0.1, 0.15) is 11.9 Å². The fourth-order valence-corrected chi connectivity index (χ4v) is 2.73. The van der Waals surface area contributed by atoms with E-state index in [1.807, 2.05) is 6.92 Å². The normalized spacial score (nSPS) is 22.1. The van der Waals surface area contributed by atoms with Gasteiger partial charge in [0.05, 0.1) is 16.3 Å². The second kappa shape index (κ2) is 4.99. The lowest BCUT2D eigenvalue weighted by molar-refractivity contribution is 0.244. The molecule has 0 saturated carbocycles. The van der Waals surface area contributed by atoms with Crippen LogP contribution in [0.2, 0.25) is 5.02 Å². The molecule has 102 valence electrons. The van der Waals surface area contributed by atoms with Gasteiger partial charge in [-0.3, -0.25) is 0 Å². The van der Waals surface area contributed by atoms with Crippen LogP contribution in [0, 0.1) is 23.7 Å². The summed E-state index contributed by atoms with van der Waals surface area (Å²) in [6.45, 7) is 7.83. The maximum absolute atomic E-state index is 8.98. The van der Waals surface area contributed by atoms with E-state index in [0.717, 1.165) is 31.0 Å². The number of hydrogen-bond acceptors (Lipinski definition) is 4. The van der Waals surface area contributed by atoms with Crippen LogP contribution < -0.4 is 10.6 Å². The minimum atomic E-state index is 0.0328. The third kappa shape index (κ3) is 2.68. The summed E-state index contributed by atoms with van der Waals surface area (Å²) in [6, 6.07) is 4.00. The monoisotopic (exact) mass is 278 g/mol. The Balaban J connectivity index is 2.33.